The van der Waals surface area contributed by atoms with Crippen LogP contribution in [0.25, 0.3) is 0 Å². The summed E-state index contributed by atoms with van der Waals surface area (Å²) in [4.78, 5) is 12.3. The molecule has 0 N–H and O–H groups in total. The Bertz CT molecular complexity index is 555. The zero-order chi connectivity index (χ0) is 19.5. The van der Waals surface area contributed by atoms with Crippen molar-refractivity contribution in [2.75, 3.05) is 13.2 Å². The largest absolute Gasteiger partial charge is 0.466 e. The van der Waals surface area contributed by atoms with Gasteiger partial charge in [-0.2, -0.15) is 0 Å². The lowest BCUT2D eigenvalue weighted by Crippen LogP contribution is -2.50. The van der Waals surface area contributed by atoms with Gasteiger partial charge < -0.3 is 23.4 Å². The first-order chi connectivity index (χ1) is 11.9. The number of carbonyl (C=O) groups excluding carboxylic acids is 1. The number of esters is 1. The highest BCUT2D eigenvalue weighted by molar-refractivity contribution is 6.74. The Morgan fingerprint density at radius 1 is 1.12 bits per heavy atom. The van der Waals surface area contributed by atoms with E-state index in [4.69, 9.17) is 23.4 Å². The van der Waals surface area contributed by atoms with Crippen LogP contribution in [0.5, 0.6) is 0 Å². The molecule has 0 aromatic heterocycles. The van der Waals surface area contributed by atoms with Gasteiger partial charge in [0.25, 0.3) is 0 Å². The number of carbonyl (C=O) groups is 1. The Morgan fingerprint density at radius 2 is 1.73 bits per heavy atom. The Morgan fingerprint density at radius 3 is 2.31 bits per heavy atom. The van der Waals surface area contributed by atoms with Crippen molar-refractivity contribution in [2.45, 2.75) is 89.9 Å². The van der Waals surface area contributed by atoms with Crippen LogP contribution < -0.4 is 0 Å². The molecule has 6 atom stereocenters. The molecule has 0 aromatic rings. The predicted octanol–water partition coefficient (Wildman–Crippen LogP) is 3.10. The van der Waals surface area contributed by atoms with Gasteiger partial charge in [-0.15, -0.1) is 0 Å². The van der Waals surface area contributed by atoms with Gasteiger partial charge in [0.15, 0.2) is 14.1 Å². The van der Waals surface area contributed by atoms with Crippen molar-refractivity contribution in [1.82, 2.24) is 0 Å². The molecular weight excluding hydrogens is 352 g/mol. The summed E-state index contributed by atoms with van der Waals surface area (Å²) in [7, 11) is -1.90. The van der Waals surface area contributed by atoms with E-state index >= 15 is 0 Å². The van der Waals surface area contributed by atoms with Crippen molar-refractivity contribution in [3.05, 3.63) is 0 Å². The summed E-state index contributed by atoms with van der Waals surface area (Å²) >= 11 is 0. The highest BCUT2D eigenvalue weighted by atomic mass is 28.4. The molecule has 26 heavy (non-hydrogen) atoms. The van der Waals surface area contributed by atoms with Crippen LogP contribution in [0, 0.1) is 11.8 Å². The van der Waals surface area contributed by atoms with E-state index in [1.165, 1.54) is 0 Å². The van der Waals surface area contributed by atoms with E-state index in [1.807, 2.05) is 20.8 Å². The second kappa shape index (κ2) is 6.55. The van der Waals surface area contributed by atoms with E-state index < -0.39 is 14.1 Å². The maximum Gasteiger partial charge on any atom is 0.312 e. The Labute approximate surface area is 158 Å². The first-order valence-corrected chi connectivity index (χ1v) is 12.6. The smallest absolute Gasteiger partial charge is 0.312 e. The molecule has 0 aromatic carbocycles. The Balaban J connectivity index is 1.72. The highest BCUT2D eigenvalue weighted by Crippen LogP contribution is 2.55. The van der Waals surface area contributed by atoms with Crippen LogP contribution in [-0.2, 0) is 28.2 Å². The second-order valence-electron chi connectivity index (χ2n) is 9.63. The Hall–Kier alpha value is -0.473. The van der Waals surface area contributed by atoms with Gasteiger partial charge in [-0.3, -0.25) is 4.79 Å². The van der Waals surface area contributed by atoms with Crippen LogP contribution in [0.15, 0.2) is 0 Å². The molecule has 150 valence electrons. The molecule has 2 aliphatic heterocycles. The number of fused-ring (bicyclic) bond motifs is 3. The highest BCUT2D eigenvalue weighted by Gasteiger charge is 2.70. The maximum atomic E-state index is 12.3. The maximum absolute atomic E-state index is 12.3. The molecule has 7 heteroatoms. The van der Waals surface area contributed by atoms with Gasteiger partial charge in [-0.25, -0.2) is 0 Å². The zero-order valence-corrected chi connectivity index (χ0v) is 18.3. The molecular formula is C19H34O6Si. The minimum absolute atomic E-state index is 0.0185. The minimum Gasteiger partial charge on any atom is -0.466 e. The van der Waals surface area contributed by atoms with E-state index in [-0.39, 0.29) is 47.3 Å². The van der Waals surface area contributed by atoms with Crippen molar-refractivity contribution in [3.63, 3.8) is 0 Å². The van der Waals surface area contributed by atoms with Gasteiger partial charge in [-0.1, -0.05) is 20.8 Å². The quantitative estimate of drug-likeness (QED) is 0.534. The average molecular weight is 387 g/mol. The summed E-state index contributed by atoms with van der Waals surface area (Å²) < 4.78 is 30.1. The molecule has 0 spiro atoms. The van der Waals surface area contributed by atoms with Crippen molar-refractivity contribution in [1.29, 1.82) is 0 Å². The van der Waals surface area contributed by atoms with E-state index in [1.54, 1.807) is 0 Å². The van der Waals surface area contributed by atoms with Crippen molar-refractivity contribution in [2.24, 2.45) is 11.8 Å². The van der Waals surface area contributed by atoms with Gasteiger partial charge in [0.1, 0.15) is 12.2 Å². The summed E-state index contributed by atoms with van der Waals surface area (Å²) in [6.45, 7) is 17.6. The summed E-state index contributed by atoms with van der Waals surface area (Å²) in [5.41, 5.74) is 0. The average Bonchev–Trinajstić information content (AvgIpc) is 3.11. The van der Waals surface area contributed by atoms with Crippen molar-refractivity contribution < 1.29 is 28.2 Å². The molecule has 0 radical (unpaired) electrons. The molecule has 1 saturated carbocycles. The lowest BCUT2D eigenvalue weighted by atomic mass is 10.0. The number of ether oxygens (including phenoxy) is 4. The topological polar surface area (TPSA) is 63.2 Å². The van der Waals surface area contributed by atoms with Crippen LogP contribution in [0.4, 0.5) is 0 Å². The lowest BCUT2D eigenvalue weighted by Gasteiger charge is -2.39. The first-order valence-electron chi connectivity index (χ1n) is 9.69. The third-order valence-corrected chi connectivity index (χ3v) is 10.7. The monoisotopic (exact) mass is 386 g/mol. The number of hydrogen-bond acceptors (Lipinski definition) is 6. The molecule has 3 rings (SSSR count). The molecule has 2 heterocycles. The fraction of sp³-hybridized carbons (Fsp3) is 0.947. The van der Waals surface area contributed by atoms with Gasteiger partial charge in [0, 0.05) is 5.92 Å². The molecule has 2 saturated heterocycles. The molecule has 0 unspecified atom stereocenters. The van der Waals surface area contributed by atoms with Crippen LogP contribution in [0.1, 0.15) is 41.5 Å². The summed E-state index contributed by atoms with van der Waals surface area (Å²) in [5, 5.41) is 0.128. The Kier molecular flexibility index (Phi) is 5.11. The zero-order valence-electron chi connectivity index (χ0n) is 17.3. The summed E-state index contributed by atoms with van der Waals surface area (Å²) in [6.07, 6.45) is -0.737. The molecule has 0 bridgehead atoms. The molecule has 3 aliphatic rings. The van der Waals surface area contributed by atoms with Gasteiger partial charge in [-0.05, 0) is 38.9 Å². The summed E-state index contributed by atoms with van der Waals surface area (Å²) in [6, 6.07) is 0. The predicted molar refractivity (Wildman–Crippen MR) is 99.2 cm³/mol. The van der Waals surface area contributed by atoms with E-state index in [2.05, 4.69) is 33.9 Å². The van der Waals surface area contributed by atoms with Crippen LogP contribution in [0.2, 0.25) is 18.1 Å². The van der Waals surface area contributed by atoms with Crippen molar-refractivity contribution >= 4 is 14.3 Å². The molecule has 0 amide bonds. The molecule has 3 fully saturated rings. The van der Waals surface area contributed by atoms with E-state index in [9.17, 15) is 4.79 Å². The van der Waals surface area contributed by atoms with E-state index in [0.717, 1.165) is 0 Å². The fourth-order valence-corrected chi connectivity index (χ4v) is 4.74. The third-order valence-electron chi connectivity index (χ3n) is 6.22. The normalized spacial score (nSPS) is 38.5. The second-order valence-corrected chi connectivity index (χ2v) is 14.4. The minimum atomic E-state index is -1.90. The van der Waals surface area contributed by atoms with Gasteiger partial charge in [0.2, 0.25) is 0 Å². The molecule has 1 aliphatic carbocycles. The van der Waals surface area contributed by atoms with Crippen LogP contribution in [-0.4, -0.2) is 57.7 Å². The van der Waals surface area contributed by atoms with Crippen LogP contribution in [0.3, 0.4) is 0 Å². The lowest BCUT2D eigenvalue weighted by molar-refractivity contribution is -0.163. The third kappa shape index (κ3) is 3.61. The number of hydrogen-bond donors (Lipinski definition) is 0. The van der Waals surface area contributed by atoms with Crippen molar-refractivity contribution in [3.8, 4) is 0 Å². The number of rotatable bonds is 5. The molecule has 6 nitrogen and oxygen atoms in total. The van der Waals surface area contributed by atoms with E-state index in [0.29, 0.717) is 13.2 Å². The first kappa shape index (κ1) is 20.3. The van der Waals surface area contributed by atoms with Gasteiger partial charge in [0.05, 0.1) is 31.3 Å². The standard InChI is InChI=1S/C19H34O6Si/c1-9-21-17(20)13-12-15(13)23-11(10-22-26(7,8)18(2,3)4)14-16(12)25-19(5,6)24-14/h11-16H,9-10H2,1-8H3/t11-,12+,13+,14+,15+,16-/m1/s1. The summed E-state index contributed by atoms with van der Waals surface area (Å²) in [5.74, 6) is -1.10. The fourth-order valence-electron chi connectivity index (χ4n) is 3.72. The van der Waals surface area contributed by atoms with Crippen LogP contribution >= 0.6 is 0 Å². The van der Waals surface area contributed by atoms with Gasteiger partial charge >= 0.3 is 5.97 Å². The SMILES string of the molecule is CCOC(=O)[C@@H]1[C@H]2O[C@H](CO[Si](C)(C)C(C)(C)C)[C@@H]3OC(C)(C)O[C@@H]3[C@H]21.